The van der Waals surface area contributed by atoms with E-state index >= 15 is 0 Å². The van der Waals surface area contributed by atoms with Gasteiger partial charge in [-0.25, -0.2) is 0 Å². The third-order valence-electron chi connectivity index (χ3n) is 7.60. The number of piperidine rings is 2. The van der Waals surface area contributed by atoms with Gasteiger partial charge in [-0.1, -0.05) is 83.9 Å². The zero-order valence-corrected chi connectivity index (χ0v) is 23.1. The van der Waals surface area contributed by atoms with E-state index in [0.29, 0.717) is 16.0 Å². The molecule has 3 aromatic rings. The summed E-state index contributed by atoms with van der Waals surface area (Å²) in [6.45, 7) is 5.51. The van der Waals surface area contributed by atoms with Gasteiger partial charge in [0.1, 0.15) is 0 Å². The van der Waals surface area contributed by atoms with Crippen molar-refractivity contribution in [1.82, 2.24) is 9.80 Å². The van der Waals surface area contributed by atoms with Crippen LogP contribution in [0.25, 0.3) is 0 Å². The fourth-order valence-electron chi connectivity index (χ4n) is 5.51. The van der Waals surface area contributed by atoms with Crippen molar-refractivity contribution in [2.45, 2.75) is 44.4 Å². The predicted molar refractivity (Wildman–Crippen MR) is 156 cm³/mol. The average molecular weight is 538 g/mol. The standard InChI is InChI=1S/C26H34N2O.C6H4Cl2/c29-26(25-13-5-2-6-14-25)28-18-8-10-22(21-28)9-7-17-27-19-15-24(16-20-27)23-11-3-1-4-12-23;7-5-3-1-2-4-6(5)8/h1-6,11-14,22,24H,7-10,15-21H2;1-4H. The summed E-state index contributed by atoms with van der Waals surface area (Å²) in [5, 5.41) is 1.21. The predicted octanol–water partition coefficient (Wildman–Crippen LogP) is 8.19. The summed E-state index contributed by atoms with van der Waals surface area (Å²) < 4.78 is 0. The SMILES string of the molecule is Clc1ccccc1Cl.O=C(c1ccccc1)N1CCCC(CCCN2CCC(c3ccccc3)CC2)C1. The molecule has 37 heavy (non-hydrogen) atoms. The number of amides is 1. The highest BCUT2D eigenvalue weighted by Crippen LogP contribution is 2.28. The van der Waals surface area contributed by atoms with Crippen LogP contribution in [-0.2, 0) is 0 Å². The zero-order valence-electron chi connectivity index (χ0n) is 21.6. The summed E-state index contributed by atoms with van der Waals surface area (Å²) in [6.07, 6.45) is 7.49. The van der Waals surface area contributed by atoms with E-state index in [0.717, 1.165) is 31.0 Å². The van der Waals surface area contributed by atoms with E-state index in [2.05, 4.69) is 40.1 Å². The van der Waals surface area contributed by atoms with Crippen molar-refractivity contribution in [3.8, 4) is 0 Å². The summed E-state index contributed by atoms with van der Waals surface area (Å²) >= 11 is 11.2. The molecule has 1 amide bonds. The third kappa shape index (κ3) is 8.60. The van der Waals surface area contributed by atoms with Crippen LogP contribution in [0, 0.1) is 5.92 Å². The Hall–Kier alpha value is -2.33. The number of hydrogen-bond acceptors (Lipinski definition) is 2. The molecule has 5 heteroatoms. The van der Waals surface area contributed by atoms with Gasteiger partial charge in [-0.3, -0.25) is 4.79 Å². The summed E-state index contributed by atoms with van der Waals surface area (Å²) in [6, 6.07) is 27.9. The van der Waals surface area contributed by atoms with Gasteiger partial charge in [-0.05, 0) is 99.8 Å². The molecule has 2 aliphatic rings. The van der Waals surface area contributed by atoms with Gasteiger partial charge in [0.05, 0.1) is 10.0 Å². The Labute approximate surface area is 232 Å². The Balaban J connectivity index is 0.000000342. The van der Waals surface area contributed by atoms with Crippen molar-refractivity contribution >= 4 is 29.1 Å². The molecule has 2 saturated heterocycles. The van der Waals surface area contributed by atoms with E-state index < -0.39 is 0 Å². The number of carbonyl (C=O) groups is 1. The minimum atomic E-state index is 0.207. The second-order valence-corrected chi connectivity index (χ2v) is 11.0. The van der Waals surface area contributed by atoms with Crippen LogP contribution in [0.3, 0.4) is 0 Å². The number of rotatable bonds is 6. The number of hydrogen-bond donors (Lipinski definition) is 0. The number of benzene rings is 3. The molecule has 0 aromatic heterocycles. The van der Waals surface area contributed by atoms with Crippen LogP contribution in [0.2, 0.25) is 10.0 Å². The van der Waals surface area contributed by atoms with Gasteiger partial charge in [0.2, 0.25) is 0 Å². The molecule has 1 unspecified atom stereocenters. The van der Waals surface area contributed by atoms with Crippen LogP contribution in [0.15, 0.2) is 84.9 Å². The van der Waals surface area contributed by atoms with Gasteiger partial charge >= 0.3 is 0 Å². The lowest BCUT2D eigenvalue weighted by Gasteiger charge is -2.34. The largest absolute Gasteiger partial charge is 0.338 e. The van der Waals surface area contributed by atoms with Crippen molar-refractivity contribution in [2.24, 2.45) is 5.92 Å². The van der Waals surface area contributed by atoms with Crippen molar-refractivity contribution in [1.29, 1.82) is 0 Å². The third-order valence-corrected chi connectivity index (χ3v) is 8.35. The Morgan fingerprint density at radius 2 is 1.35 bits per heavy atom. The van der Waals surface area contributed by atoms with E-state index in [9.17, 15) is 4.79 Å². The zero-order chi connectivity index (χ0) is 25.9. The van der Waals surface area contributed by atoms with Gasteiger partial charge in [-0.2, -0.15) is 0 Å². The molecular formula is C32H38Cl2N2O. The normalized spacial score (nSPS) is 18.6. The maximum atomic E-state index is 12.7. The molecule has 2 heterocycles. The van der Waals surface area contributed by atoms with Gasteiger partial charge in [0.25, 0.3) is 5.91 Å². The van der Waals surface area contributed by atoms with Crippen LogP contribution in [0.5, 0.6) is 0 Å². The summed E-state index contributed by atoms with van der Waals surface area (Å²) in [7, 11) is 0. The Kier molecular flexibility index (Phi) is 10.9. The molecule has 0 N–H and O–H groups in total. The minimum Gasteiger partial charge on any atom is -0.338 e. The number of carbonyl (C=O) groups excluding carboxylic acids is 1. The summed E-state index contributed by atoms with van der Waals surface area (Å²) in [4.78, 5) is 17.5. The van der Waals surface area contributed by atoms with Crippen LogP contribution in [-0.4, -0.2) is 48.4 Å². The van der Waals surface area contributed by atoms with Crippen LogP contribution < -0.4 is 0 Å². The lowest BCUT2D eigenvalue weighted by Crippen LogP contribution is -2.40. The Morgan fingerprint density at radius 1 is 0.757 bits per heavy atom. The van der Waals surface area contributed by atoms with E-state index in [1.54, 1.807) is 12.1 Å². The van der Waals surface area contributed by atoms with E-state index in [4.69, 9.17) is 23.2 Å². The van der Waals surface area contributed by atoms with E-state index in [1.165, 1.54) is 57.3 Å². The molecule has 5 rings (SSSR count). The number of halogens is 2. The second kappa shape index (κ2) is 14.6. The quantitative estimate of drug-likeness (QED) is 0.317. The van der Waals surface area contributed by atoms with Crippen molar-refractivity contribution in [2.75, 3.05) is 32.7 Å². The lowest BCUT2D eigenvalue weighted by molar-refractivity contribution is 0.0663. The minimum absolute atomic E-state index is 0.207. The monoisotopic (exact) mass is 536 g/mol. The lowest BCUT2D eigenvalue weighted by atomic mass is 9.89. The molecule has 0 bridgehead atoms. The maximum absolute atomic E-state index is 12.7. The highest BCUT2D eigenvalue weighted by molar-refractivity contribution is 6.41. The summed E-state index contributed by atoms with van der Waals surface area (Å²) in [5.74, 6) is 1.61. The fraction of sp³-hybridized carbons (Fsp3) is 0.406. The van der Waals surface area contributed by atoms with Gasteiger partial charge < -0.3 is 9.80 Å². The van der Waals surface area contributed by atoms with E-state index in [1.807, 2.05) is 42.5 Å². The highest BCUT2D eigenvalue weighted by Gasteiger charge is 2.25. The average Bonchev–Trinajstić information content (AvgIpc) is 2.96. The topological polar surface area (TPSA) is 23.6 Å². The van der Waals surface area contributed by atoms with Gasteiger partial charge in [0.15, 0.2) is 0 Å². The Morgan fingerprint density at radius 3 is 1.97 bits per heavy atom. The molecule has 3 nitrogen and oxygen atoms in total. The van der Waals surface area contributed by atoms with Gasteiger partial charge in [-0.15, -0.1) is 0 Å². The fourth-order valence-corrected chi connectivity index (χ4v) is 5.78. The first kappa shape index (κ1) is 27.7. The highest BCUT2D eigenvalue weighted by atomic mass is 35.5. The first-order chi connectivity index (χ1) is 18.1. The number of nitrogens with zero attached hydrogens (tertiary/aromatic N) is 2. The van der Waals surface area contributed by atoms with Crippen LogP contribution in [0.1, 0.15) is 60.4 Å². The first-order valence-electron chi connectivity index (χ1n) is 13.6. The first-order valence-corrected chi connectivity index (χ1v) is 14.4. The molecule has 0 spiro atoms. The van der Waals surface area contributed by atoms with Crippen molar-refractivity contribution < 1.29 is 4.79 Å². The molecule has 196 valence electrons. The summed E-state index contributed by atoms with van der Waals surface area (Å²) in [5.41, 5.74) is 2.34. The van der Waals surface area contributed by atoms with Crippen LogP contribution in [0.4, 0.5) is 0 Å². The molecular weight excluding hydrogens is 499 g/mol. The Bertz CT molecular complexity index is 1060. The molecule has 3 aromatic carbocycles. The molecule has 2 aliphatic heterocycles. The second-order valence-electron chi connectivity index (χ2n) is 10.2. The molecule has 2 fully saturated rings. The molecule has 0 radical (unpaired) electrons. The van der Waals surface area contributed by atoms with E-state index in [-0.39, 0.29) is 5.91 Å². The van der Waals surface area contributed by atoms with Crippen molar-refractivity contribution in [3.05, 3.63) is 106 Å². The smallest absolute Gasteiger partial charge is 0.253 e. The molecule has 1 atom stereocenters. The molecule has 0 saturated carbocycles. The maximum Gasteiger partial charge on any atom is 0.253 e. The number of likely N-dealkylation sites (tertiary alicyclic amines) is 2. The van der Waals surface area contributed by atoms with Crippen LogP contribution >= 0.6 is 23.2 Å². The van der Waals surface area contributed by atoms with Gasteiger partial charge in [0, 0.05) is 18.7 Å². The van der Waals surface area contributed by atoms with Crippen molar-refractivity contribution in [3.63, 3.8) is 0 Å². The molecule has 0 aliphatic carbocycles.